The van der Waals surface area contributed by atoms with Gasteiger partial charge in [-0.05, 0) is 12.5 Å². The minimum absolute atomic E-state index is 0.217. The molecule has 1 aliphatic heterocycles. The van der Waals surface area contributed by atoms with Crippen LogP contribution in [0.3, 0.4) is 0 Å². The average Bonchev–Trinajstić information content (AvgIpc) is 2.40. The van der Waals surface area contributed by atoms with Crippen LogP contribution in [-0.4, -0.2) is 38.9 Å². The molecule has 18 heavy (non-hydrogen) atoms. The van der Waals surface area contributed by atoms with Crippen LogP contribution >= 0.6 is 0 Å². The van der Waals surface area contributed by atoms with Gasteiger partial charge >= 0.3 is 0 Å². The summed E-state index contributed by atoms with van der Waals surface area (Å²) in [6, 6.07) is 9.36. The van der Waals surface area contributed by atoms with Crippen molar-refractivity contribution in [3.8, 4) is 0 Å². The van der Waals surface area contributed by atoms with Crippen LogP contribution in [0.5, 0.6) is 0 Å². The Morgan fingerprint density at radius 3 is 2.44 bits per heavy atom. The predicted octanol–water partition coefficient (Wildman–Crippen LogP) is 0.487. The van der Waals surface area contributed by atoms with Crippen LogP contribution in [0, 0.1) is 0 Å². The molecule has 1 unspecified atom stereocenters. The molecule has 0 bridgehead atoms. The summed E-state index contributed by atoms with van der Waals surface area (Å²) in [6.45, 7) is 4.32. The molecule has 0 radical (unpaired) electrons. The van der Waals surface area contributed by atoms with E-state index in [9.17, 15) is 8.42 Å². The summed E-state index contributed by atoms with van der Waals surface area (Å²) >= 11 is 0. The Bertz CT molecular complexity index is 469. The molecule has 100 valence electrons. The highest BCUT2D eigenvalue weighted by Crippen LogP contribution is 2.14. The number of nitrogens with zero attached hydrogens (tertiary/aromatic N) is 1. The van der Waals surface area contributed by atoms with Crippen LogP contribution in [0.2, 0.25) is 0 Å². The van der Waals surface area contributed by atoms with Crippen molar-refractivity contribution < 1.29 is 8.42 Å². The van der Waals surface area contributed by atoms with Gasteiger partial charge in [0.05, 0.1) is 0 Å². The van der Waals surface area contributed by atoms with Gasteiger partial charge < -0.3 is 5.32 Å². The first-order valence-corrected chi connectivity index (χ1v) is 7.57. The predicted molar refractivity (Wildman–Crippen MR) is 71.4 cm³/mol. The van der Waals surface area contributed by atoms with Gasteiger partial charge in [-0.1, -0.05) is 30.3 Å². The number of hydrogen-bond donors (Lipinski definition) is 2. The van der Waals surface area contributed by atoms with Crippen LogP contribution < -0.4 is 10.0 Å². The van der Waals surface area contributed by atoms with Crippen molar-refractivity contribution in [2.24, 2.45) is 0 Å². The molecule has 1 saturated heterocycles. The molecule has 6 heteroatoms. The van der Waals surface area contributed by atoms with Gasteiger partial charge in [-0.25, -0.2) is 0 Å². The normalized spacial score (nSPS) is 19.6. The Hall–Kier alpha value is -0.950. The van der Waals surface area contributed by atoms with Gasteiger partial charge in [-0.15, -0.1) is 0 Å². The van der Waals surface area contributed by atoms with Gasteiger partial charge in [-0.2, -0.15) is 17.4 Å². The number of piperazine rings is 1. The lowest BCUT2D eigenvalue weighted by Crippen LogP contribution is -2.50. The van der Waals surface area contributed by atoms with E-state index in [2.05, 4.69) is 10.0 Å². The summed E-state index contributed by atoms with van der Waals surface area (Å²) in [4.78, 5) is 0. The van der Waals surface area contributed by atoms with Gasteiger partial charge in [0.2, 0.25) is 0 Å². The number of rotatable bonds is 4. The zero-order valence-electron chi connectivity index (χ0n) is 10.5. The fraction of sp³-hybridized carbons (Fsp3) is 0.500. The lowest BCUT2D eigenvalue weighted by molar-refractivity contribution is 0.352. The Morgan fingerprint density at radius 1 is 1.22 bits per heavy atom. The van der Waals surface area contributed by atoms with Crippen LogP contribution in [0.4, 0.5) is 0 Å². The first-order chi connectivity index (χ1) is 8.59. The van der Waals surface area contributed by atoms with Crippen molar-refractivity contribution in [3.05, 3.63) is 35.9 Å². The molecule has 2 rings (SSSR count). The van der Waals surface area contributed by atoms with E-state index in [0.29, 0.717) is 26.2 Å². The quantitative estimate of drug-likeness (QED) is 0.836. The first-order valence-electron chi connectivity index (χ1n) is 6.12. The molecule has 1 aromatic rings. The second-order valence-corrected chi connectivity index (χ2v) is 6.11. The Kier molecular flexibility index (Phi) is 4.34. The smallest absolute Gasteiger partial charge is 0.280 e. The van der Waals surface area contributed by atoms with Crippen molar-refractivity contribution in [3.63, 3.8) is 0 Å². The number of hydrogen-bond acceptors (Lipinski definition) is 3. The lowest BCUT2D eigenvalue weighted by atomic mass is 10.1. The minimum atomic E-state index is -3.39. The number of nitrogens with one attached hydrogen (secondary N) is 2. The fourth-order valence-corrected chi connectivity index (χ4v) is 3.39. The highest BCUT2D eigenvalue weighted by atomic mass is 32.2. The first kappa shape index (κ1) is 13.5. The van der Waals surface area contributed by atoms with E-state index >= 15 is 0 Å². The van der Waals surface area contributed by atoms with Gasteiger partial charge in [0.15, 0.2) is 0 Å². The molecule has 1 atom stereocenters. The topological polar surface area (TPSA) is 61.4 Å². The maximum Gasteiger partial charge on any atom is 0.280 e. The van der Waals surface area contributed by atoms with Crippen molar-refractivity contribution in [1.29, 1.82) is 0 Å². The molecule has 1 aliphatic rings. The summed E-state index contributed by atoms with van der Waals surface area (Å²) in [5.74, 6) is 0. The standard InChI is InChI=1S/C12H19N3O2S/c1-11(12-5-3-2-4-6-12)14-18(16,17)15-9-7-13-8-10-15/h2-6,11,13-14H,7-10H2,1H3. The van der Waals surface area contributed by atoms with Gasteiger partial charge in [0.25, 0.3) is 10.2 Å². The fourth-order valence-electron chi connectivity index (χ4n) is 1.99. The Morgan fingerprint density at radius 2 is 1.83 bits per heavy atom. The Balaban J connectivity index is 2.03. The van der Waals surface area contributed by atoms with E-state index in [4.69, 9.17) is 0 Å². The lowest BCUT2D eigenvalue weighted by Gasteiger charge is -2.28. The molecular weight excluding hydrogens is 250 g/mol. The molecule has 2 N–H and O–H groups in total. The van der Waals surface area contributed by atoms with Crippen LogP contribution in [0.15, 0.2) is 30.3 Å². The van der Waals surface area contributed by atoms with Crippen molar-refractivity contribution in [1.82, 2.24) is 14.3 Å². The largest absolute Gasteiger partial charge is 0.314 e. The summed E-state index contributed by atoms with van der Waals surface area (Å²) in [5.41, 5.74) is 0.969. The third kappa shape index (κ3) is 3.29. The third-order valence-electron chi connectivity index (χ3n) is 3.04. The molecule has 1 fully saturated rings. The molecule has 0 amide bonds. The van der Waals surface area contributed by atoms with Crippen LogP contribution in [-0.2, 0) is 10.2 Å². The highest BCUT2D eigenvalue weighted by Gasteiger charge is 2.25. The van der Waals surface area contributed by atoms with E-state index in [1.807, 2.05) is 37.3 Å². The zero-order chi connectivity index (χ0) is 13.0. The molecule has 1 aromatic carbocycles. The summed E-state index contributed by atoms with van der Waals surface area (Å²) in [7, 11) is -3.39. The van der Waals surface area contributed by atoms with E-state index < -0.39 is 10.2 Å². The molecule has 0 aliphatic carbocycles. The summed E-state index contributed by atoms with van der Waals surface area (Å²) < 4.78 is 28.5. The van der Waals surface area contributed by atoms with Gasteiger partial charge in [0, 0.05) is 32.2 Å². The monoisotopic (exact) mass is 269 g/mol. The second kappa shape index (κ2) is 5.79. The number of benzene rings is 1. The highest BCUT2D eigenvalue weighted by molar-refractivity contribution is 7.87. The van der Waals surface area contributed by atoms with Crippen molar-refractivity contribution >= 4 is 10.2 Å². The summed E-state index contributed by atoms with van der Waals surface area (Å²) in [5, 5.41) is 3.14. The third-order valence-corrected chi connectivity index (χ3v) is 4.74. The second-order valence-electron chi connectivity index (χ2n) is 4.40. The maximum absolute atomic E-state index is 12.2. The summed E-state index contributed by atoms with van der Waals surface area (Å²) in [6.07, 6.45) is 0. The van der Waals surface area contributed by atoms with E-state index in [-0.39, 0.29) is 6.04 Å². The van der Waals surface area contributed by atoms with Crippen LogP contribution in [0.25, 0.3) is 0 Å². The Labute approximate surface area is 108 Å². The average molecular weight is 269 g/mol. The van der Waals surface area contributed by atoms with E-state index in [0.717, 1.165) is 5.56 Å². The molecule has 0 aromatic heterocycles. The van der Waals surface area contributed by atoms with Gasteiger partial charge in [-0.3, -0.25) is 0 Å². The SMILES string of the molecule is CC(NS(=O)(=O)N1CCNCC1)c1ccccc1. The molecule has 5 nitrogen and oxygen atoms in total. The minimum Gasteiger partial charge on any atom is -0.314 e. The van der Waals surface area contributed by atoms with Crippen molar-refractivity contribution in [2.75, 3.05) is 26.2 Å². The molecule has 1 heterocycles. The molecular formula is C12H19N3O2S. The van der Waals surface area contributed by atoms with E-state index in [1.54, 1.807) is 0 Å². The maximum atomic E-state index is 12.2. The van der Waals surface area contributed by atoms with E-state index in [1.165, 1.54) is 4.31 Å². The zero-order valence-corrected chi connectivity index (χ0v) is 11.3. The molecule has 0 spiro atoms. The van der Waals surface area contributed by atoms with Crippen molar-refractivity contribution in [2.45, 2.75) is 13.0 Å². The van der Waals surface area contributed by atoms with Crippen LogP contribution in [0.1, 0.15) is 18.5 Å². The molecule has 0 saturated carbocycles. The van der Waals surface area contributed by atoms with Gasteiger partial charge in [0.1, 0.15) is 0 Å².